The van der Waals surface area contributed by atoms with Gasteiger partial charge in [0.2, 0.25) is 0 Å². The van der Waals surface area contributed by atoms with Gasteiger partial charge in [0.15, 0.2) is 0 Å². The van der Waals surface area contributed by atoms with E-state index in [2.05, 4.69) is 30.3 Å². The first-order chi connectivity index (χ1) is 13.8. The number of hydrogen-bond acceptors (Lipinski definition) is 3. The molecule has 0 aromatic heterocycles. The molecule has 0 spiro atoms. The van der Waals surface area contributed by atoms with Gasteiger partial charge in [-0.25, -0.2) is 0 Å². The average Bonchev–Trinajstić information content (AvgIpc) is 2.81. The molecule has 2 aromatic carbocycles. The van der Waals surface area contributed by atoms with Gasteiger partial charge >= 0.3 is 0 Å². The molecule has 2 aromatic rings. The Hall–Kier alpha value is -2.23. The number of hydrogen-bond donors (Lipinski definition) is 0. The van der Waals surface area contributed by atoms with Gasteiger partial charge in [-0.05, 0) is 36.0 Å². The van der Waals surface area contributed by atoms with Gasteiger partial charge in [0.05, 0.1) is 25.9 Å². The normalized spacial score (nSPS) is 24.5. The van der Waals surface area contributed by atoms with Crippen molar-refractivity contribution in [1.29, 1.82) is 0 Å². The largest absolute Gasteiger partial charge is 0.376 e. The van der Waals surface area contributed by atoms with E-state index in [9.17, 15) is 4.79 Å². The molecule has 0 saturated heterocycles. The molecule has 4 rings (SSSR count). The number of ketones is 1. The minimum absolute atomic E-state index is 0.00263. The van der Waals surface area contributed by atoms with Gasteiger partial charge in [-0.3, -0.25) is 4.79 Å². The zero-order valence-corrected chi connectivity index (χ0v) is 16.3. The smallest absolute Gasteiger partial charge is 0.138 e. The summed E-state index contributed by atoms with van der Waals surface area (Å²) < 4.78 is 12.4. The van der Waals surface area contributed by atoms with E-state index in [4.69, 9.17) is 9.47 Å². The van der Waals surface area contributed by atoms with E-state index in [0.29, 0.717) is 32.0 Å². The van der Waals surface area contributed by atoms with Gasteiger partial charge in [0, 0.05) is 18.3 Å². The molecule has 28 heavy (non-hydrogen) atoms. The topological polar surface area (TPSA) is 35.5 Å². The number of fused-ring (bicyclic) bond motifs is 2. The maximum Gasteiger partial charge on any atom is 0.138 e. The van der Waals surface area contributed by atoms with Gasteiger partial charge in [0.25, 0.3) is 0 Å². The van der Waals surface area contributed by atoms with E-state index >= 15 is 0 Å². The highest BCUT2D eigenvalue weighted by molar-refractivity contribution is 5.83. The third-order valence-corrected chi connectivity index (χ3v) is 5.88. The van der Waals surface area contributed by atoms with Crippen molar-refractivity contribution in [2.24, 2.45) is 11.8 Å². The molecule has 0 radical (unpaired) electrons. The molecule has 3 nitrogen and oxygen atoms in total. The molecule has 0 N–H and O–H groups in total. The predicted molar refractivity (Wildman–Crippen MR) is 110 cm³/mol. The summed E-state index contributed by atoms with van der Waals surface area (Å²) in [5.74, 6) is 0.621. The van der Waals surface area contributed by atoms with Crippen LogP contribution in [-0.2, 0) is 27.5 Å². The molecule has 0 aliphatic heterocycles. The quantitative estimate of drug-likeness (QED) is 0.631. The highest BCUT2D eigenvalue weighted by Crippen LogP contribution is 2.39. The zero-order valence-electron chi connectivity index (χ0n) is 16.3. The van der Waals surface area contributed by atoms with Gasteiger partial charge < -0.3 is 9.47 Å². The van der Waals surface area contributed by atoms with Gasteiger partial charge in [-0.1, -0.05) is 66.7 Å². The Bertz CT molecular complexity index is 797. The van der Waals surface area contributed by atoms with Crippen LogP contribution in [0, 0.1) is 11.8 Å². The Morgan fingerprint density at radius 3 is 2.25 bits per heavy atom. The van der Waals surface area contributed by atoms with Crippen molar-refractivity contribution in [2.75, 3.05) is 6.61 Å². The van der Waals surface area contributed by atoms with Crippen LogP contribution in [0.5, 0.6) is 0 Å². The molecule has 1 saturated carbocycles. The molecule has 0 amide bonds. The van der Waals surface area contributed by atoms with Crippen LogP contribution in [0.15, 0.2) is 72.3 Å². The fourth-order valence-electron chi connectivity index (χ4n) is 4.37. The fourth-order valence-corrected chi connectivity index (χ4v) is 4.37. The van der Waals surface area contributed by atoms with E-state index in [0.717, 1.165) is 24.8 Å². The van der Waals surface area contributed by atoms with Gasteiger partial charge in [0.1, 0.15) is 5.78 Å². The lowest BCUT2D eigenvalue weighted by Crippen LogP contribution is -2.34. The number of ether oxygens (including phenoxy) is 2. The molecule has 146 valence electrons. The number of Topliss-reactive ketones (excluding diaryl/α,β-unsaturated/α-hetero) is 1. The molecule has 3 heteroatoms. The Morgan fingerprint density at radius 2 is 1.54 bits per heavy atom. The molecule has 2 aliphatic carbocycles. The van der Waals surface area contributed by atoms with Gasteiger partial charge in [-0.2, -0.15) is 0 Å². The van der Waals surface area contributed by atoms with Crippen LogP contribution >= 0.6 is 0 Å². The van der Waals surface area contributed by atoms with Crippen molar-refractivity contribution < 1.29 is 14.3 Å². The highest BCUT2D eigenvalue weighted by atomic mass is 16.5. The van der Waals surface area contributed by atoms with Crippen molar-refractivity contribution in [2.45, 2.75) is 45.0 Å². The van der Waals surface area contributed by atoms with Crippen LogP contribution in [0.1, 0.15) is 36.8 Å². The SMILES string of the molecule is O=C1CC[C@@H](COCc2ccccc2)C2=CCC[C@@H]1[C@@H]2OCc1ccccc1. The van der Waals surface area contributed by atoms with Crippen LogP contribution in [0.3, 0.4) is 0 Å². The van der Waals surface area contributed by atoms with Crippen LogP contribution < -0.4 is 0 Å². The summed E-state index contributed by atoms with van der Waals surface area (Å²) in [5, 5.41) is 0. The third-order valence-electron chi connectivity index (χ3n) is 5.88. The molecule has 2 aliphatic rings. The van der Waals surface area contributed by atoms with Crippen molar-refractivity contribution >= 4 is 5.78 Å². The molecule has 3 atom stereocenters. The summed E-state index contributed by atoms with van der Waals surface area (Å²) in [6, 6.07) is 20.4. The second-order valence-corrected chi connectivity index (χ2v) is 7.81. The van der Waals surface area contributed by atoms with Crippen LogP contribution in [0.25, 0.3) is 0 Å². The van der Waals surface area contributed by atoms with Gasteiger partial charge in [-0.15, -0.1) is 0 Å². The van der Waals surface area contributed by atoms with Crippen molar-refractivity contribution in [1.82, 2.24) is 0 Å². The first kappa shape index (κ1) is 19.1. The summed E-state index contributed by atoms with van der Waals surface area (Å²) in [7, 11) is 0. The second kappa shape index (κ2) is 9.31. The second-order valence-electron chi connectivity index (χ2n) is 7.81. The first-order valence-electron chi connectivity index (χ1n) is 10.3. The molecule has 0 heterocycles. The van der Waals surface area contributed by atoms with E-state index in [1.807, 2.05) is 36.4 Å². The Labute approximate surface area is 167 Å². The summed E-state index contributed by atoms with van der Waals surface area (Å²) in [6.07, 6.45) is 5.56. The number of carbonyl (C=O) groups is 1. The molecule has 2 bridgehead atoms. The number of allylic oxidation sites excluding steroid dienone is 1. The van der Waals surface area contributed by atoms with Crippen LogP contribution in [0.2, 0.25) is 0 Å². The maximum absolute atomic E-state index is 12.7. The molecule has 0 unspecified atom stereocenters. The number of rotatable bonds is 7. The van der Waals surface area contributed by atoms with E-state index in [-0.39, 0.29) is 17.9 Å². The Balaban J connectivity index is 1.43. The van der Waals surface area contributed by atoms with Crippen LogP contribution in [0.4, 0.5) is 0 Å². The molecule has 1 fully saturated rings. The summed E-state index contributed by atoms with van der Waals surface area (Å²) in [4.78, 5) is 12.7. The molecular weight excluding hydrogens is 348 g/mol. The van der Waals surface area contributed by atoms with Crippen molar-refractivity contribution in [3.05, 3.63) is 83.4 Å². The van der Waals surface area contributed by atoms with Crippen LogP contribution in [-0.4, -0.2) is 18.5 Å². The number of carbonyl (C=O) groups excluding carboxylic acids is 1. The maximum atomic E-state index is 12.7. The summed E-state index contributed by atoms with van der Waals surface area (Å²) >= 11 is 0. The predicted octanol–water partition coefficient (Wildman–Crippen LogP) is 5.10. The standard InChI is InChI=1S/C25H28O3/c26-24-15-14-21(18-27-16-19-8-3-1-4-9-19)22-12-7-13-23(24)25(22)28-17-20-10-5-2-6-11-20/h1-6,8-12,21,23,25H,7,13-18H2/t21-,23-,25+/m0/s1. The Morgan fingerprint density at radius 1 is 0.857 bits per heavy atom. The lowest BCUT2D eigenvalue weighted by atomic mass is 9.81. The Kier molecular flexibility index (Phi) is 6.35. The monoisotopic (exact) mass is 376 g/mol. The summed E-state index contributed by atoms with van der Waals surface area (Å²) in [5.41, 5.74) is 3.61. The van der Waals surface area contributed by atoms with E-state index in [1.54, 1.807) is 0 Å². The zero-order chi connectivity index (χ0) is 19.2. The minimum atomic E-state index is -0.103. The summed E-state index contributed by atoms with van der Waals surface area (Å²) in [6.45, 7) is 1.80. The lowest BCUT2D eigenvalue weighted by Gasteiger charge is -2.32. The minimum Gasteiger partial charge on any atom is -0.376 e. The van der Waals surface area contributed by atoms with Crippen molar-refractivity contribution in [3.8, 4) is 0 Å². The average molecular weight is 376 g/mol. The lowest BCUT2D eigenvalue weighted by molar-refractivity contribution is -0.127. The fraction of sp³-hybridized carbons (Fsp3) is 0.400. The number of benzene rings is 2. The molecular formula is C25H28O3. The van der Waals surface area contributed by atoms with E-state index < -0.39 is 0 Å². The first-order valence-corrected chi connectivity index (χ1v) is 10.3. The van der Waals surface area contributed by atoms with Crippen molar-refractivity contribution in [3.63, 3.8) is 0 Å². The third kappa shape index (κ3) is 4.60. The van der Waals surface area contributed by atoms with E-state index in [1.165, 1.54) is 11.1 Å². The highest BCUT2D eigenvalue weighted by Gasteiger charge is 2.39.